The number of amides is 1. The van der Waals surface area contributed by atoms with E-state index in [-0.39, 0.29) is 12.5 Å². The van der Waals surface area contributed by atoms with Gasteiger partial charge >= 0.3 is 0 Å². The van der Waals surface area contributed by atoms with Crippen LogP contribution in [0.15, 0.2) is 31.0 Å². The Morgan fingerprint density at radius 3 is 3.00 bits per heavy atom. The second-order valence-electron chi connectivity index (χ2n) is 3.43. The highest BCUT2D eigenvalue weighted by atomic mass is 16.5. The van der Waals surface area contributed by atoms with Crippen LogP contribution in [0.1, 0.15) is 6.92 Å². The van der Waals surface area contributed by atoms with Gasteiger partial charge in [0, 0.05) is 6.61 Å². The fraction of sp³-hybridized carbons (Fsp3) is 0.273. The highest BCUT2D eigenvalue weighted by molar-refractivity contribution is 5.91. The summed E-state index contributed by atoms with van der Waals surface area (Å²) in [5.41, 5.74) is 0.614. The van der Waals surface area contributed by atoms with Gasteiger partial charge in [0.1, 0.15) is 19.3 Å². The Morgan fingerprint density at radius 1 is 1.50 bits per heavy atom. The number of rotatable bonds is 5. The van der Waals surface area contributed by atoms with Crippen molar-refractivity contribution in [1.82, 2.24) is 19.7 Å². The summed E-state index contributed by atoms with van der Waals surface area (Å²) in [6, 6.07) is 3.48. The third kappa shape index (κ3) is 3.11. The normalized spacial score (nSPS) is 10.3. The van der Waals surface area contributed by atoms with Crippen LogP contribution in [-0.2, 0) is 9.53 Å². The molecule has 0 aliphatic heterocycles. The standard InChI is InChI=1S/C11H13N5O2/c1-2-18-6-11(17)15-9-3-4-10(13-5-9)16-8-12-7-14-16/h3-5,7-8H,2,6H2,1H3,(H,15,17). The molecule has 18 heavy (non-hydrogen) atoms. The lowest BCUT2D eigenvalue weighted by atomic mass is 10.4. The third-order valence-corrected chi connectivity index (χ3v) is 2.12. The van der Waals surface area contributed by atoms with Crippen LogP contribution >= 0.6 is 0 Å². The Morgan fingerprint density at radius 2 is 2.39 bits per heavy atom. The van der Waals surface area contributed by atoms with Crippen LogP contribution < -0.4 is 5.32 Å². The molecule has 0 saturated heterocycles. The molecule has 2 aromatic heterocycles. The zero-order chi connectivity index (χ0) is 12.8. The maximum atomic E-state index is 11.4. The van der Waals surface area contributed by atoms with Gasteiger partial charge in [-0.15, -0.1) is 0 Å². The molecule has 0 atom stereocenters. The van der Waals surface area contributed by atoms with E-state index in [1.165, 1.54) is 11.0 Å². The van der Waals surface area contributed by atoms with Crippen molar-refractivity contribution in [3.63, 3.8) is 0 Å². The minimum Gasteiger partial charge on any atom is -0.372 e. The predicted octanol–water partition coefficient (Wildman–Crippen LogP) is 0.637. The van der Waals surface area contributed by atoms with Crippen molar-refractivity contribution >= 4 is 11.6 Å². The minimum absolute atomic E-state index is 0.0430. The van der Waals surface area contributed by atoms with E-state index in [9.17, 15) is 4.79 Å². The average molecular weight is 247 g/mol. The van der Waals surface area contributed by atoms with Crippen LogP contribution in [0.2, 0.25) is 0 Å². The number of nitrogens with zero attached hydrogens (tertiary/aromatic N) is 4. The predicted molar refractivity (Wildman–Crippen MR) is 64.3 cm³/mol. The number of carbonyl (C=O) groups excluding carboxylic acids is 1. The van der Waals surface area contributed by atoms with Crippen molar-refractivity contribution in [2.24, 2.45) is 0 Å². The maximum absolute atomic E-state index is 11.4. The molecule has 1 N–H and O–H groups in total. The first-order valence-electron chi connectivity index (χ1n) is 5.48. The summed E-state index contributed by atoms with van der Waals surface area (Å²) in [7, 11) is 0. The van der Waals surface area contributed by atoms with Gasteiger partial charge in [-0.2, -0.15) is 5.10 Å². The molecule has 0 spiro atoms. The number of nitrogens with one attached hydrogen (secondary N) is 1. The summed E-state index contributed by atoms with van der Waals surface area (Å²) in [6.07, 6.45) is 4.54. The Bertz CT molecular complexity index is 495. The second kappa shape index (κ2) is 5.87. The summed E-state index contributed by atoms with van der Waals surface area (Å²) in [5, 5.41) is 6.63. The average Bonchev–Trinajstić information content (AvgIpc) is 2.91. The molecule has 2 aromatic rings. The zero-order valence-corrected chi connectivity index (χ0v) is 9.91. The summed E-state index contributed by atoms with van der Waals surface area (Å²) in [6.45, 7) is 2.39. The molecule has 0 unspecified atom stereocenters. The Balaban J connectivity index is 1.98. The van der Waals surface area contributed by atoms with Crippen molar-refractivity contribution in [3.8, 4) is 5.82 Å². The fourth-order valence-electron chi connectivity index (χ4n) is 1.31. The van der Waals surface area contributed by atoms with E-state index in [0.717, 1.165) is 0 Å². The zero-order valence-electron chi connectivity index (χ0n) is 9.91. The quantitative estimate of drug-likeness (QED) is 0.838. The van der Waals surface area contributed by atoms with Crippen molar-refractivity contribution in [1.29, 1.82) is 0 Å². The van der Waals surface area contributed by atoms with Crippen LogP contribution in [0, 0.1) is 0 Å². The molecule has 0 fully saturated rings. The van der Waals surface area contributed by atoms with Gasteiger partial charge in [0.15, 0.2) is 5.82 Å². The lowest BCUT2D eigenvalue weighted by Crippen LogP contribution is -2.18. The van der Waals surface area contributed by atoms with E-state index >= 15 is 0 Å². The van der Waals surface area contributed by atoms with Crippen LogP contribution in [0.3, 0.4) is 0 Å². The first-order valence-corrected chi connectivity index (χ1v) is 5.48. The van der Waals surface area contributed by atoms with E-state index in [0.29, 0.717) is 18.1 Å². The van der Waals surface area contributed by atoms with Gasteiger partial charge in [0.25, 0.3) is 0 Å². The van der Waals surface area contributed by atoms with Gasteiger partial charge in [-0.3, -0.25) is 4.79 Å². The van der Waals surface area contributed by atoms with Gasteiger partial charge in [-0.1, -0.05) is 0 Å². The highest BCUT2D eigenvalue weighted by Crippen LogP contribution is 2.08. The second-order valence-corrected chi connectivity index (χ2v) is 3.43. The molecule has 0 radical (unpaired) electrons. The third-order valence-electron chi connectivity index (χ3n) is 2.12. The number of ether oxygens (including phenoxy) is 1. The van der Waals surface area contributed by atoms with E-state index in [1.807, 2.05) is 6.92 Å². The van der Waals surface area contributed by atoms with Gasteiger partial charge in [-0.25, -0.2) is 14.6 Å². The Labute approximate surface area is 104 Å². The summed E-state index contributed by atoms with van der Waals surface area (Å²) >= 11 is 0. The van der Waals surface area contributed by atoms with Gasteiger partial charge in [0.05, 0.1) is 11.9 Å². The molecular formula is C11H13N5O2. The molecule has 0 aromatic carbocycles. The number of hydrogen-bond donors (Lipinski definition) is 1. The molecule has 0 saturated carbocycles. The SMILES string of the molecule is CCOCC(=O)Nc1ccc(-n2cncn2)nc1. The van der Waals surface area contributed by atoms with Gasteiger partial charge in [-0.05, 0) is 19.1 Å². The molecule has 7 nitrogen and oxygen atoms in total. The van der Waals surface area contributed by atoms with Gasteiger partial charge in [0.2, 0.25) is 5.91 Å². The monoisotopic (exact) mass is 247 g/mol. The first kappa shape index (κ1) is 12.2. The lowest BCUT2D eigenvalue weighted by molar-refractivity contribution is -0.120. The molecule has 0 bridgehead atoms. The molecule has 7 heteroatoms. The smallest absolute Gasteiger partial charge is 0.250 e. The van der Waals surface area contributed by atoms with E-state index in [2.05, 4.69) is 20.4 Å². The molecule has 0 aliphatic rings. The number of aromatic nitrogens is 4. The van der Waals surface area contributed by atoms with Crippen molar-refractivity contribution < 1.29 is 9.53 Å². The first-order chi connectivity index (χ1) is 8.79. The number of carbonyl (C=O) groups is 1. The van der Waals surface area contributed by atoms with Crippen LogP contribution in [0.25, 0.3) is 5.82 Å². The van der Waals surface area contributed by atoms with E-state index < -0.39 is 0 Å². The van der Waals surface area contributed by atoms with Crippen LogP contribution in [-0.4, -0.2) is 38.9 Å². The molecule has 94 valence electrons. The van der Waals surface area contributed by atoms with E-state index in [4.69, 9.17) is 4.74 Å². The maximum Gasteiger partial charge on any atom is 0.250 e. The summed E-state index contributed by atoms with van der Waals surface area (Å²) < 4.78 is 6.53. The summed E-state index contributed by atoms with van der Waals surface area (Å²) in [5.74, 6) is 0.433. The summed E-state index contributed by atoms with van der Waals surface area (Å²) in [4.78, 5) is 19.4. The molecular weight excluding hydrogens is 234 g/mol. The fourth-order valence-corrected chi connectivity index (χ4v) is 1.31. The molecule has 1 amide bonds. The number of anilines is 1. The number of pyridine rings is 1. The topological polar surface area (TPSA) is 81.9 Å². The Hall–Kier alpha value is -2.28. The van der Waals surface area contributed by atoms with Crippen molar-refractivity contribution in [2.75, 3.05) is 18.5 Å². The van der Waals surface area contributed by atoms with E-state index in [1.54, 1.807) is 24.7 Å². The molecule has 2 rings (SSSR count). The number of hydrogen-bond acceptors (Lipinski definition) is 5. The van der Waals surface area contributed by atoms with Crippen molar-refractivity contribution in [2.45, 2.75) is 6.92 Å². The van der Waals surface area contributed by atoms with Crippen LogP contribution in [0.4, 0.5) is 5.69 Å². The molecule has 0 aliphatic carbocycles. The minimum atomic E-state index is -0.202. The van der Waals surface area contributed by atoms with Gasteiger partial charge < -0.3 is 10.1 Å². The van der Waals surface area contributed by atoms with Crippen LogP contribution in [0.5, 0.6) is 0 Å². The highest BCUT2D eigenvalue weighted by Gasteiger charge is 2.03. The lowest BCUT2D eigenvalue weighted by Gasteiger charge is -2.05. The molecule has 2 heterocycles. The largest absolute Gasteiger partial charge is 0.372 e. The Kier molecular flexibility index (Phi) is 3.98. The van der Waals surface area contributed by atoms with Crippen molar-refractivity contribution in [3.05, 3.63) is 31.0 Å².